The molecule has 0 radical (unpaired) electrons. The van der Waals surface area contributed by atoms with Crippen molar-refractivity contribution in [1.29, 1.82) is 0 Å². The summed E-state index contributed by atoms with van der Waals surface area (Å²) in [7, 11) is 0. The molecule has 4 rings (SSSR count). The van der Waals surface area contributed by atoms with Crippen LogP contribution in [0.4, 0.5) is 0 Å². The Hall–Kier alpha value is -0.610. The van der Waals surface area contributed by atoms with E-state index in [-0.39, 0.29) is 11.3 Å². The largest absolute Gasteiger partial charge is 0.349 e. The van der Waals surface area contributed by atoms with Crippen LogP contribution in [0.1, 0.15) is 60.5 Å². The average Bonchev–Trinajstić information content (AvgIpc) is 3.22. The summed E-state index contributed by atoms with van der Waals surface area (Å²) in [6.07, 6.45) is 3.70. The van der Waals surface area contributed by atoms with Gasteiger partial charge in [0.2, 0.25) is 0 Å². The van der Waals surface area contributed by atoms with Crippen LogP contribution in [0.3, 0.4) is 0 Å². The molecule has 130 valence electrons. The summed E-state index contributed by atoms with van der Waals surface area (Å²) in [5.74, 6) is 3.32. The predicted molar refractivity (Wildman–Crippen MR) is 105 cm³/mol. The van der Waals surface area contributed by atoms with Gasteiger partial charge in [0.1, 0.15) is 0 Å². The van der Waals surface area contributed by atoms with Gasteiger partial charge < -0.3 is 5.32 Å². The number of hydrogen-bond acceptors (Lipinski definition) is 3. The minimum absolute atomic E-state index is 0.0999. The number of carbonyl (C=O) groups excluding carboxylic acids is 1. The molecule has 3 aliphatic rings. The Morgan fingerprint density at radius 1 is 1.12 bits per heavy atom. The Kier molecular flexibility index (Phi) is 4.20. The fourth-order valence-corrected chi connectivity index (χ4v) is 7.87. The number of hydrogen-bond donors (Lipinski definition) is 1. The highest BCUT2D eigenvalue weighted by Crippen LogP contribution is 2.65. The van der Waals surface area contributed by atoms with Crippen LogP contribution in [-0.4, -0.2) is 23.5 Å². The Labute approximate surface area is 153 Å². The Morgan fingerprint density at radius 2 is 1.79 bits per heavy atom. The van der Waals surface area contributed by atoms with E-state index in [4.69, 9.17) is 0 Å². The number of fused-ring (bicyclic) bond motifs is 2. The van der Waals surface area contributed by atoms with Gasteiger partial charge in [0, 0.05) is 23.1 Å². The second-order valence-electron chi connectivity index (χ2n) is 8.33. The fraction of sp³-hybridized carbons (Fsp3) is 0.650. The summed E-state index contributed by atoms with van der Waals surface area (Å²) >= 11 is 4.01. The highest BCUT2D eigenvalue weighted by atomic mass is 32.2. The maximum atomic E-state index is 12.7. The highest BCUT2D eigenvalue weighted by Gasteiger charge is 2.61. The van der Waals surface area contributed by atoms with Crippen LogP contribution >= 0.6 is 23.5 Å². The molecule has 2 saturated carbocycles. The van der Waals surface area contributed by atoms with Gasteiger partial charge in [0.05, 0.1) is 4.58 Å². The second kappa shape index (κ2) is 5.98. The maximum Gasteiger partial charge on any atom is 0.251 e. The zero-order valence-electron chi connectivity index (χ0n) is 14.8. The molecule has 1 saturated heterocycles. The summed E-state index contributed by atoms with van der Waals surface area (Å²) in [4.78, 5) is 12.7. The lowest BCUT2D eigenvalue weighted by molar-refractivity contribution is 0.0826. The van der Waals surface area contributed by atoms with E-state index in [1.807, 2.05) is 35.7 Å². The van der Waals surface area contributed by atoms with Gasteiger partial charge >= 0.3 is 0 Å². The first kappa shape index (κ1) is 16.8. The van der Waals surface area contributed by atoms with Crippen molar-refractivity contribution in [2.45, 2.75) is 50.7 Å². The van der Waals surface area contributed by atoms with Crippen LogP contribution in [0.25, 0.3) is 0 Å². The summed E-state index contributed by atoms with van der Waals surface area (Å²) in [5.41, 5.74) is 2.72. The van der Waals surface area contributed by atoms with Gasteiger partial charge in [-0.1, -0.05) is 32.9 Å². The molecule has 0 aromatic heterocycles. The van der Waals surface area contributed by atoms with E-state index < -0.39 is 0 Å². The maximum absolute atomic E-state index is 12.7. The molecule has 24 heavy (non-hydrogen) atoms. The van der Waals surface area contributed by atoms with E-state index in [0.29, 0.717) is 16.0 Å². The summed E-state index contributed by atoms with van der Waals surface area (Å²) in [6, 6.07) is 8.60. The van der Waals surface area contributed by atoms with Gasteiger partial charge in [-0.2, -0.15) is 0 Å². The third-order valence-electron chi connectivity index (χ3n) is 7.17. The van der Waals surface area contributed by atoms with Crippen LogP contribution < -0.4 is 5.32 Å². The number of carbonyl (C=O) groups is 1. The molecule has 2 aliphatic carbocycles. The molecular formula is C20H27NOS2. The van der Waals surface area contributed by atoms with Crippen molar-refractivity contribution in [3.05, 3.63) is 35.4 Å². The smallest absolute Gasteiger partial charge is 0.251 e. The molecule has 1 aliphatic heterocycles. The molecular weight excluding hydrogens is 334 g/mol. The first-order chi connectivity index (χ1) is 11.4. The standard InChI is InChI=1S/C20H27NOS2/c1-19(2)15-8-9-20(19,3)16(12-15)21-17(22)13-4-6-14(7-5-13)18-23-10-11-24-18/h4-7,15-16,18H,8-12H2,1-3H3,(H,21,22). The predicted octanol–water partition coefficient (Wildman–Crippen LogP) is 5.11. The van der Waals surface area contributed by atoms with Crippen molar-refractivity contribution in [3.8, 4) is 0 Å². The average molecular weight is 362 g/mol. The van der Waals surface area contributed by atoms with Crippen LogP contribution in [0, 0.1) is 16.7 Å². The molecule has 0 spiro atoms. The second-order valence-corrected chi connectivity index (χ2v) is 11.1. The number of benzene rings is 1. The number of nitrogens with one attached hydrogen (secondary N) is 1. The van der Waals surface area contributed by atoms with E-state index in [0.717, 1.165) is 17.9 Å². The number of thioether (sulfide) groups is 2. The van der Waals surface area contributed by atoms with Crippen molar-refractivity contribution in [2.75, 3.05) is 11.5 Å². The number of rotatable bonds is 3. The molecule has 3 atom stereocenters. The van der Waals surface area contributed by atoms with Crippen molar-refractivity contribution in [3.63, 3.8) is 0 Å². The molecule has 4 heteroatoms. The Balaban J connectivity index is 1.45. The number of amides is 1. The van der Waals surface area contributed by atoms with Crippen molar-refractivity contribution >= 4 is 29.4 Å². The van der Waals surface area contributed by atoms with Gasteiger partial charge in [-0.3, -0.25) is 4.79 Å². The molecule has 1 heterocycles. The van der Waals surface area contributed by atoms with Gasteiger partial charge in [-0.25, -0.2) is 0 Å². The zero-order chi connectivity index (χ0) is 16.9. The van der Waals surface area contributed by atoms with Crippen molar-refractivity contribution < 1.29 is 4.79 Å². The van der Waals surface area contributed by atoms with Gasteiger partial charge in [0.15, 0.2) is 0 Å². The third kappa shape index (κ3) is 2.52. The van der Waals surface area contributed by atoms with E-state index >= 15 is 0 Å². The fourth-order valence-electron chi connectivity index (χ4n) is 5.01. The topological polar surface area (TPSA) is 29.1 Å². The monoisotopic (exact) mass is 361 g/mol. The zero-order valence-corrected chi connectivity index (χ0v) is 16.4. The molecule has 1 aromatic rings. The van der Waals surface area contributed by atoms with E-state index in [9.17, 15) is 4.79 Å². The molecule has 3 fully saturated rings. The minimum atomic E-state index is 0.0999. The van der Waals surface area contributed by atoms with Gasteiger partial charge in [0.25, 0.3) is 5.91 Å². The first-order valence-electron chi connectivity index (χ1n) is 9.06. The van der Waals surface area contributed by atoms with Crippen LogP contribution in [0.5, 0.6) is 0 Å². The first-order valence-corrected chi connectivity index (χ1v) is 11.2. The Bertz CT molecular complexity index is 636. The summed E-state index contributed by atoms with van der Waals surface area (Å²) < 4.78 is 0.549. The van der Waals surface area contributed by atoms with E-state index in [1.165, 1.54) is 29.9 Å². The Morgan fingerprint density at radius 3 is 2.33 bits per heavy atom. The van der Waals surface area contributed by atoms with Crippen molar-refractivity contribution in [1.82, 2.24) is 5.32 Å². The lowest BCUT2D eigenvalue weighted by atomic mass is 9.69. The van der Waals surface area contributed by atoms with Crippen molar-refractivity contribution in [2.24, 2.45) is 16.7 Å². The molecule has 2 nitrogen and oxygen atoms in total. The lowest BCUT2D eigenvalue weighted by Gasteiger charge is -2.39. The van der Waals surface area contributed by atoms with Crippen LogP contribution in [0.2, 0.25) is 0 Å². The quantitative estimate of drug-likeness (QED) is 0.811. The van der Waals surface area contributed by atoms with Crippen LogP contribution in [-0.2, 0) is 0 Å². The molecule has 1 amide bonds. The molecule has 3 unspecified atom stereocenters. The van der Waals surface area contributed by atoms with E-state index in [2.05, 4.69) is 38.2 Å². The molecule has 1 N–H and O–H groups in total. The molecule has 1 aromatic carbocycles. The SMILES string of the molecule is CC1(C)C2CCC1(C)C(NC(=O)c1ccc(C3SCCS3)cc1)C2. The highest BCUT2D eigenvalue weighted by molar-refractivity contribution is 8.19. The van der Waals surface area contributed by atoms with Gasteiger partial charge in [-0.05, 0) is 53.7 Å². The normalized spacial score (nSPS) is 34.6. The van der Waals surface area contributed by atoms with E-state index in [1.54, 1.807) is 0 Å². The molecule has 2 bridgehead atoms. The minimum Gasteiger partial charge on any atom is -0.349 e. The summed E-state index contributed by atoms with van der Waals surface area (Å²) in [5, 5.41) is 3.36. The summed E-state index contributed by atoms with van der Waals surface area (Å²) in [6.45, 7) is 7.16. The third-order valence-corrected chi connectivity index (χ3v) is 10.3. The lowest BCUT2D eigenvalue weighted by Crippen LogP contribution is -2.46. The van der Waals surface area contributed by atoms with Crippen LogP contribution in [0.15, 0.2) is 24.3 Å². The van der Waals surface area contributed by atoms with Gasteiger partial charge in [-0.15, -0.1) is 23.5 Å².